The maximum absolute atomic E-state index is 12.3. The molecule has 1 unspecified atom stereocenters. The van der Waals surface area contributed by atoms with Crippen LogP contribution in [0.15, 0.2) is 24.3 Å². The van der Waals surface area contributed by atoms with Crippen LogP contribution >= 0.6 is 0 Å². The maximum Gasteiger partial charge on any atom is 0.221 e. The number of nitrogens with zero attached hydrogens (tertiary/aromatic N) is 1. The van der Waals surface area contributed by atoms with E-state index in [-0.39, 0.29) is 17.6 Å². The number of amides is 1. The summed E-state index contributed by atoms with van der Waals surface area (Å²) in [6, 6.07) is 7.24. The molecule has 1 amide bonds. The number of carbonyl (C=O) groups is 2. The molecule has 0 aromatic heterocycles. The van der Waals surface area contributed by atoms with E-state index in [4.69, 9.17) is 10.5 Å². The van der Waals surface area contributed by atoms with Crippen molar-refractivity contribution < 1.29 is 14.3 Å². The van der Waals surface area contributed by atoms with E-state index < -0.39 is 0 Å². The van der Waals surface area contributed by atoms with Gasteiger partial charge in [0.15, 0.2) is 5.78 Å². The highest BCUT2D eigenvalue weighted by Crippen LogP contribution is 2.21. The molecule has 0 radical (unpaired) electrons. The Morgan fingerprint density at radius 2 is 2.15 bits per heavy atom. The van der Waals surface area contributed by atoms with E-state index in [1.165, 1.54) is 0 Å². The van der Waals surface area contributed by atoms with Crippen LogP contribution in [-0.4, -0.2) is 42.8 Å². The Morgan fingerprint density at radius 3 is 2.80 bits per heavy atom. The molecule has 20 heavy (non-hydrogen) atoms. The van der Waals surface area contributed by atoms with E-state index in [0.717, 1.165) is 13.0 Å². The van der Waals surface area contributed by atoms with Crippen LogP contribution < -0.4 is 10.5 Å². The van der Waals surface area contributed by atoms with Crippen molar-refractivity contribution in [3.05, 3.63) is 29.8 Å². The van der Waals surface area contributed by atoms with E-state index >= 15 is 0 Å². The number of Topliss-reactive ketones (excluding diaryl/α,β-unsaturated/α-hetero) is 1. The van der Waals surface area contributed by atoms with E-state index in [1.54, 1.807) is 12.1 Å². The zero-order valence-electron chi connectivity index (χ0n) is 11.7. The zero-order chi connectivity index (χ0) is 14.5. The predicted octanol–water partition coefficient (Wildman–Crippen LogP) is 1.08. The predicted molar refractivity (Wildman–Crippen MR) is 75.7 cm³/mol. The van der Waals surface area contributed by atoms with E-state index in [1.807, 2.05) is 24.0 Å². The lowest BCUT2D eigenvalue weighted by atomic mass is 10.1. The first-order valence-electron chi connectivity index (χ1n) is 6.88. The Labute approximate surface area is 118 Å². The fourth-order valence-corrected chi connectivity index (χ4v) is 2.48. The molecular formula is C15H20N2O3. The Kier molecular flexibility index (Phi) is 4.74. The van der Waals surface area contributed by atoms with Gasteiger partial charge in [-0.2, -0.15) is 0 Å². The van der Waals surface area contributed by atoms with Gasteiger partial charge in [0.25, 0.3) is 0 Å². The molecule has 1 aliphatic rings. The van der Waals surface area contributed by atoms with Crippen molar-refractivity contribution in [1.29, 1.82) is 0 Å². The molecule has 2 N–H and O–H groups in total. The SMILES string of the molecule is CCOc1ccccc1C(=O)CN1CCC(C(N)=O)C1. The molecule has 108 valence electrons. The van der Waals surface area contributed by atoms with Crippen LogP contribution in [0.2, 0.25) is 0 Å². The van der Waals surface area contributed by atoms with Gasteiger partial charge in [-0.3, -0.25) is 14.5 Å². The number of hydrogen-bond acceptors (Lipinski definition) is 4. The summed E-state index contributed by atoms with van der Waals surface area (Å²) in [5.41, 5.74) is 5.89. The number of para-hydroxylation sites is 1. The maximum atomic E-state index is 12.3. The van der Waals surface area contributed by atoms with Gasteiger partial charge in [0.05, 0.1) is 24.6 Å². The quantitative estimate of drug-likeness (QED) is 0.789. The Hall–Kier alpha value is -1.88. The lowest BCUT2D eigenvalue weighted by molar-refractivity contribution is -0.121. The van der Waals surface area contributed by atoms with Gasteiger partial charge in [0.2, 0.25) is 5.91 Å². The minimum Gasteiger partial charge on any atom is -0.493 e. The first kappa shape index (κ1) is 14.5. The fraction of sp³-hybridized carbons (Fsp3) is 0.467. The largest absolute Gasteiger partial charge is 0.493 e. The second-order valence-corrected chi connectivity index (χ2v) is 4.98. The summed E-state index contributed by atoms with van der Waals surface area (Å²) >= 11 is 0. The van der Waals surface area contributed by atoms with Gasteiger partial charge in [-0.15, -0.1) is 0 Å². The molecule has 0 saturated carbocycles. The third-order valence-corrected chi connectivity index (χ3v) is 3.53. The van der Waals surface area contributed by atoms with Gasteiger partial charge in [-0.1, -0.05) is 12.1 Å². The third-order valence-electron chi connectivity index (χ3n) is 3.53. The molecule has 1 aromatic rings. The van der Waals surface area contributed by atoms with Crippen LogP contribution in [-0.2, 0) is 4.79 Å². The van der Waals surface area contributed by atoms with Crippen molar-refractivity contribution in [3.8, 4) is 5.75 Å². The number of rotatable bonds is 6. The second-order valence-electron chi connectivity index (χ2n) is 4.98. The number of benzene rings is 1. The van der Waals surface area contributed by atoms with Crippen LogP contribution in [0.4, 0.5) is 0 Å². The van der Waals surface area contributed by atoms with Gasteiger partial charge in [0.1, 0.15) is 5.75 Å². The number of nitrogens with two attached hydrogens (primary N) is 1. The number of ketones is 1. The molecule has 1 aliphatic heterocycles. The Balaban J connectivity index is 2.01. The summed E-state index contributed by atoms with van der Waals surface area (Å²) in [6.07, 6.45) is 0.732. The van der Waals surface area contributed by atoms with Gasteiger partial charge in [-0.25, -0.2) is 0 Å². The molecule has 0 spiro atoms. The Bertz CT molecular complexity index is 502. The van der Waals surface area contributed by atoms with Crippen LogP contribution in [0.3, 0.4) is 0 Å². The van der Waals surface area contributed by atoms with Gasteiger partial charge in [-0.05, 0) is 32.0 Å². The molecule has 1 aromatic carbocycles. The van der Waals surface area contributed by atoms with Crippen molar-refractivity contribution in [2.75, 3.05) is 26.2 Å². The monoisotopic (exact) mass is 276 g/mol. The van der Waals surface area contributed by atoms with Gasteiger partial charge >= 0.3 is 0 Å². The van der Waals surface area contributed by atoms with Crippen molar-refractivity contribution in [1.82, 2.24) is 4.90 Å². The topological polar surface area (TPSA) is 72.6 Å². The van der Waals surface area contributed by atoms with Crippen molar-refractivity contribution in [2.45, 2.75) is 13.3 Å². The lowest BCUT2D eigenvalue weighted by Gasteiger charge is -2.15. The van der Waals surface area contributed by atoms with Crippen LogP contribution in [0.25, 0.3) is 0 Å². The molecule has 0 aliphatic carbocycles. The van der Waals surface area contributed by atoms with Crippen molar-refractivity contribution in [3.63, 3.8) is 0 Å². The number of likely N-dealkylation sites (tertiary alicyclic amines) is 1. The summed E-state index contributed by atoms with van der Waals surface area (Å²) in [6.45, 7) is 4.01. The minimum absolute atomic E-state index is 0.0131. The van der Waals surface area contributed by atoms with Gasteiger partial charge < -0.3 is 10.5 Å². The number of ether oxygens (including phenoxy) is 1. The zero-order valence-corrected chi connectivity index (χ0v) is 11.7. The summed E-state index contributed by atoms with van der Waals surface area (Å²) < 4.78 is 5.47. The molecule has 2 rings (SSSR count). The molecule has 1 saturated heterocycles. The fourth-order valence-electron chi connectivity index (χ4n) is 2.48. The summed E-state index contributed by atoms with van der Waals surface area (Å²) in [4.78, 5) is 25.4. The average molecular weight is 276 g/mol. The lowest BCUT2D eigenvalue weighted by Crippen LogP contribution is -2.31. The first-order valence-corrected chi connectivity index (χ1v) is 6.88. The third kappa shape index (κ3) is 3.36. The molecule has 1 atom stereocenters. The minimum atomic E-state index is -0.283. The number of primary amides is 1. The molecule has 1 fully saturated rings. The first-order chi connectivity index (χ1) is 9.61. The number of carbonyl (C=O) groups excluding carboxylic acids is 2. The van der Waals surface area contributed by atoms with Crippen LogP contribution in [0, 0.1) is 5.92 Å². The summed E-state index contributed by atoms with van der Waals surface area (Å²) in [7, 11) is 0. The highest BCUT2D eigenvalue weighted by molar-refractivity contribution is 6.00. The highest BCUT2D eigenvalue weighted by Gasteiger charge is 2.28. The standard InChI is InChI=1S/C15H20N2O3/c1-2-20-14-6-4-3-5-12(14)13(18)10-17-8-7-11(9-17)15(16)19/h3-6,11H,2,7-10H2,1H3,(H2,16,19). The van der Waals surface area contributed by atoms with Crippen LogP contribution in [0.5, 0.6) is 5.75 Å². The molecular weight excluding hydrogens is 256 g/mol. The van der Waals surface area contributed by atoms with Crippen molar-refractivity contribution >= 4 is 11.7 Å². The Morgan fingerprint density at radius 1 is 1.40 bits per heavy atom. The second kappa shape index (κ2) is 6.52. The molecule has 1 heterocycles. The van der Waals surface area contributed by atoms with Gasteiger partial charge in [0, 0.05) is 6.54 Å². The molecule has 0 bridgehead atoms. The van der Waals surface area contributed by atoms with Crippen molar-refractivity contribution in [2.24, 2.45) is 11.7 Å². The van der Waals surface area contributed by atoms with E-state index in [2.05, 4.69) is 0 Å². The molecule has 5 heteroatoms. The highest BCUT2D eigenvalue weighted by atomic mass is 16.5. The summed E-state index contributed by atoms with van der Waals surface area (Å²) in [5.74, 6) is 0.212. The molecule has 5 nitrogen and oxygen atoms in total. The summed E-state index contributed by atoms with van der Waals surface area (Å²) in [5, 5.41) is 0. The van der Waals surface area contributed by atoms with E-state index in [9.17, 15) is 9.59 Å². The number of hydrogen-bond donors (Lipinski definition) is 1. The smallest absolute Gasteiger partial charge is 0.221 e. The normalized spacial score (nSPS) is 18.9. The van der Waals surface area contributed by atoms with Crippen LogP contribution in [0.1, 0.15) is 23.7 Å². The van der Waals surface area contributed by atoms with E-state index in [0.29, 0.717) is 31.0 Å². The average Bonchev–Trinajstić information content (AvgIpc) is 2.88.